The second-order valence-corrected chi connectivity index (χ2v) is 11.7. The molecule has 2 N–H and O–H groups in total. The van der Waals surface area contributed by atoms with Crippen molar-refractivity contribution in [3.05, 3.63) is 64.7 Å². The van der Waals surface area contributed by atoms with Crippen LogP contribution in [0.3, 0.4) is 0 Å². The van der Waals surface area contributed by atoms with E-state index in [-0.39, 0.29) is 24.8 Å². The predicted molar refractivity (Wildman–Crippen MR) is 161 cm³/mol. The lowest BCUT2D eigenvalue weighted by molar-refractivity contribution is -0.132. The number of urea groups is 1. The molecule has 4 amide bonds. The Kier molecular flexibility index (Phi) is 11.6. The lowest BCUT2D eigenvalue weighted by atomic mass is 9.84. The lowest BCUT2D eigenvalue weighted by Gasteiger charge is -2.29. The van der Waals surface area contributed by atoms with Gasteiger partial charge < -0.3 is 30.0 Å². The topological polar surface area (TPSA) is 108 Å². The SMILES string of the molecule is CN(Cc1cccc(Cl)c1)C(=O)NC(CC1CCCCC1)C(=O)NC(C=O)CCC(=O)N1CCOc2ccccc2C1. The minimum absolute atomic E-state index is 0.105. The molecule has 2 atom stereocenters. The van der Waals surface area contributed by atoms with Gasteiger partial charge in [-0.2, -0.15) is 0 Å². The molecule has 1 heterocycles. The summed E-state index contributed by atoms with van der Waals surface area (Å²) in [4.78, 5) is 54.8. The average molecular weight is 597 g/mol. The second kappa shape index (κ2) is 15.6. The second-order valence-electron chi connectivity index (χ2n) is 11.3. The first kappa shape index (κ1) is 31.3. The number of ether oxygens (including phenoxy) is 1. The maximum absolute atomic E-state index is 13.4. The van der Waals surface area contributed by atoms with Crippen molar-refractivity contribution < 1.29 is 23.9 Å². The largest absolute Gasteiger partial charge is 0.491 e. The van der Waals surface area contributed by atoms with Crippen LogP contribution >= 0.6 is 11.6 Å². The summed E-state index contributed by atoms with van der Waals surface area (Å²) in [5.41, 5.74) is 1.81. The van der Waals surface area contributed by atoms with Gasteiger partial charge in [-0.25, -0.2) is 4.79 Å². The molecule has 226 valence electrons. The van der Waals surface area contributed by atoms with Gasteiger partial charge in [0.1, 0.15) is 24.7 Å². The standard InChI is InChI=1S/C32H41ClN4O5/c1-36(20-24-10-7-12-26(33)18-24)32(41)35-28(19-23-8-3-2-4-9-23)31(40)34-27(22-38)14-15-30(39)37-16-17-42-29-13-6-5-11-25(29)21-37/h5-7,10-13,18,22-23,27-28H,2-4,8-9,14-17,19-21H2,1H3,(H,34,40)(H,35,41). The molecule has 2 aromatic rings. The molecule has 1 aliphatic carbocycles. The minimum atomic E-state index is -0.841. The number of aldehydes is 1. The van der Waals surface area contributed by atoms with E-state index in [1.807, 2.05) is 36.4 Å². The maximum Gasteiger partial charge on any atom is 0.318 e. The number of nitrogens with one attached hydrogen (secondary N) is 2. The number of para-hydroxylation sites is 1. The quantitative estimate of drug-likeness (QED) is 0.366. The van der Waals surface area contributed by atoms with Crippen molar-refractivity contribution in [3.8, 4) is 5.75 Å². The van der Waals surface area contributed by atoms with Crippen LogP contribution in [0.15, 0.2) is 48.5 Å². The number of carbonyl (C=O) groups excluding carboxylic acids is 4. The van der Waals surface area contributed by atoms with Crippen molar-refractivity contribution in [3.63, 3.8) is 0 Å². The Labute approximate surface area is 252 Å². The molecule has 2 aliphatic rings. The molecule has 1 saturated carbocycles. The van der Waals surface area contributed by atoms with Crippen LogP contribution in [0.25, 0.3) is 0 Å². The smallest absolute Gasteiger partial charge is 0.318 e. The zero-order chi connectivity index (χ0) is 29.9. The molecule has 0 aromatic heterocycles. The van der Waals surface area contributed by atoms with E-state index in [9.17, 15) is 19.2 Å². The fourth-order valence-electron chi connectivity index (χ4n) is 5.66. The van der Waals surface area contributed by atoms with E-state index < -0.39 is 18.0 Å². The number of fused-ring (bicyclic) bond motifs is 1. The van der Waals surface area contributed by atoms with E-state index in [1.165, 1.54) is 11.3 Å². The van der Waals surface area contributed by atoms with Gasteiger partial charge in [0.05, 0.1) is 12.6 Å². The monoisotopic (exact) mass is 596 g/mol. The summed E-state index contributed by atoms with van der Waals surface area (Å²) >= 11 is 6.09. The van der Waals surface area contributed by atoms with Crippen LogP contribution < -0.4 is 15.4 Å². The van der Waals surface area contributed by atoms with E-state index in [2.05, 4.69) is 10.6 Å². The Morgan fingerprint density at radius 2 is 1.88 bits per heavy atom. The predicted octanol–water partition coefficient (Wildman–Crippen LogP) is 4.71. The number of nitrogens with zero attached hydrogens (tertiary/aromatic N) is 2. The summed E-state index contributed by atoms with van der Waals surface area (Å²) in [5, 5.41) is 6.28. The number of rotatable bonds is 11. The highest BCUT2D eigenvalue weighted by Gasteiger charge is 2.29. The number of amides is 4. The molecule has 0 radical (unpaired) electrons. The minimum Gasteiger partial charge on any atom is -0.491 e. The Hall–Kier alpha value is -3.59. The van der Waals surface area contributed by atoms with Gasteiger partial charge in [0.15, 0.2) is 0 Å². The molecular formula is C32H41ClN4O5. The first-order valence-corrected chi connectivity index (χ1v) is 15.2. The van der Waals surface area contributed by atoms with Crippen LogP contribution in [0.5, 0.6) is 5.75 Å². The Balaban J connectivity index is 1.34. The Morgan fingerprint density at radius 3 is 2.64 bits per heavy atom. The number of benzene rings is 2. The summed E-state index contributed by atoms with van der Waals surface area (Å²) in [5.74, 6) is 0.574. The van der Waals surface area contributed by atoms with Crippen molar-refractivity contribution >= 4 is 35.7 Å². The fraction of sp³-hybridized carbons (Fsp3) is 0.500. The molecular weight excluding hydrogens is 556 g/mol. The lowest BCUT2D eigenvalue weighted by Crippen LogP contribution is -2.53. The normalized spacial score (nSPS) is 16.7. The van der Waals surface area contributed by atoms with Gasteiger partial charge in [0.25, 0.3) is 0 Å². The van der Waals surface area contributed by atoms with Crippen LogP contribution in [0.1, 0.15) is 62.5 Å². The molecule has 2 unspecified atom stereocenters. The van der Waals surface area contributed by atoms with Gasteiger partial charge in [-0.15, -0.1) is 0 Å². The van der Waals surface area contributed by atoms with Gasteiger partial charge in [0, 0.05) is 37.1 Å². The van der Waals surface area contributed by atoms with E-state index in [1.54, 1.807) is 24.1 Å². The number of hydrogen-bond donors (Lipinski definition) is 2. The summed E-state index contributed by atoms with van der Waals surface area (Å²) in [6, 6.07) is 12.9. The van der Waals surface area contributed by atoms with Gasteiger partial charge in [-0.1, -0.05) is 74.0 Å². The third kappa shape index (κ3) is 9.21. The highest BCUT2D eigenvalue weighted by Crippen LogP contribution is 2.28. The van der Waals surface area contributed by atoms with Crippen LogP contribution in [-0.4, -0.2) is 66.2 Å². The van der Waals surface area contributed by atoms with Crippen LogP contribution in [-0.2, 0) is 27.5 Å². The molecule has 10 heteroatoms. The zero-order valence-electron chi connectivity index (χ0n) is 24.2. The van der Waals surface area contributed by atoms with Crippen molar-refractivity contribution in [1.29, 1.82) is 0 Å². The van der Waals surface area contributed by atoms with E-state index >= 15 is 0 Å². The van der Waals surface area contributed by atoms with Gasteiger partial charge in [-0.3, -0.25) is 9.59 Å². The molecule has 2 aromatic carbocycles. The van der Waals surface area contributed by atoms with Crippen LogP contribution in [0, 0.1) is 5.92 Å². The molecule has 4 rings (SSSR count). The highest BCUT2D eigenvalue weighted by molar-refractivity contribution is 6.30. The van der Waals surface area contributed by atoms with E-state index in [0.717, 1.165) is 42.6 Å². The maximum atomic E-state index is 13.4. The average Bonchev–Trinajstić information content (AvgIpc) is 3.22. The van der Waals surface area contributed by atoms with Crippen LogP contribution in [0.2, 0.25) is 5.02 Å². The molecule has 0 spiro atoms. The van der Waals surface area contributed by atoms with Crippen molar-refractivity contribution in [2.24, 2.45) is 5.92 Å². The third-order valence-corrected chi connectivity index (χ3v) is 8.26. The molecule has 9 nitrogen and oxygen atoms in total. The fourth-order valence-corrected chi connectivity index (χ4v) is 5.87. The number of halogens is 1. The summed E-state index contributed by atoms with van der Waals surface area (Å²) in [7, 11) is 1.66. The highest BCUT2D eigenvalue weighted by atomic mass is 35.5. The zero-order valence-corrected chi connectivity index (χ0v) is 25.0. The first-order chi connectivity index (χ1) is 20.3. The third-order valence-electron chi connectivity index (χ3n) is 8.03. The molecule has 0 saturated heterocycles. The summed E-state index contributed by atoms with van der Waals surface area (Å²) in [6.45, 7) is 1.61. The number of hydrogen-bond acceptors (Lipinski definition) is 5. The Bertz CT molecular complexity index is 1230. The van der Waals surface area contributed by atoms with Gasteiger partial charge in [0.2, 0.25) is 11.8 Å². The Morgan fingerprint density at radius 1 is 1.10 bits per heavy atom. The van der Waals surface area contributed by atoms with Crippen LogP contribution in [0.4, 0.5) is 4.79 Å². The van der Waals surface area contributed by atoms with E-state index in [4.69, 9.17) is 16.3 Å². The summed E-state index contributed by atoms with van der Waals surface area (Å²) in [6.07, 6.45) is 6.84. The van der Waals surface area contributed by atoms with E-state index in [0.29, 0.717) is 49.9 Å². The summed E-state index contributed by atoms with van der Waals surface area (Å²) < 4.78 is 5.75. The van der Waals surface area contributed by atoms with Crippen molar-refractivity contribution in [2.75, 3.05) is 20.2 Å². The molecule has 1 fully saturated rings. The van der Waals surface area contributed by atoms with Gasteiger partial charge in [-0.05, 0) is 42.5 Å². The molecule has 1 aliphatic heterocycles. The van der Waals surface area contributed by atoms with Crippen molar-refractivity contribution in [1.82, 2.24) is 20.4 Å². The van der Waals surface area contributed by atoms with Crippen molar-refractivity contribution in [2.45, 2.75) is 76.5 Å². The molecule has 42 heavy (non-hydrogen) atoms. The first-order valence-electron chi connectivity index (χ1n) is 14.8. The van der Waals surface area contributed by atoms with Gasteiger partial charge >= 0.3 is 6.03 Å². The number of carbonyl (C=O) groups is 4. The molecule has 0 bridgehead atoms.